The van der Waals surface area contributed by atoms with Crippen LogP contribution in [0.3, 0.4) is 0 Å². The van der Waals surface area contributed by atoms with Gasteiger partial charge in [-0.15, -0.1) is 12.4 Å². The molecule has 4 heteroatoms. The Morgan fingerprint density at radius 1 is 1.18 bits per heavy atom. The molecule has 3 nitrogen and oxygen atoms in total. The molecule has 1 heterocycles. The highest BCUT2D eigenvalue weighted by molar-refractivity contribution is 5.85. The van der Waals surface area contributed by atoms with Gasteiger partial charge in [0.25, 0.3) is 0 Å². The third-order valence-corrected chi connectivity index (χ3v) is 4.14. The van der Waals surface area contributed by atoms with Gasteiger partial charge in [-0.1, -0.05) is 50.1 Å². The van der Waals surface area contributed by atoms with E-state index in [4.69, 9.17) is 4.74 Å². The number of nitrogens with zero attached hydrogens (tertiary/aromatic N) is 1. The Bertz CT molecular complexity index is 418. The molecule has 1 aromatic rings. The molecule has 1 aromatic carbocycles. The molecule has 2 rings (SSSR count). The van der Waals surface area contributed by atoms with E-state index in [0.29, 0.717) is 13.0 Å². The Labute approximate surface area is 140 Å². The lowest BCUT2D eigenvalue weighted by Crippen LogP contribution is -2.35. The first-order chi connectivity index (χ1) is 10.3. The minimum atomic E-state index is -0.0668. The number of unbranched alkanes of at least 4 members (excludes halogenated alkanes) is 1. The number of hydrogen-bond donors (Lipinski definition) is 0. The topological polar surface area (TPSA) is 29.5 Å². The van der Waals surface area contributed by atoms with Crippen LogP contribution in [0.25, 0.3) is 0 Å². The molecule has 0 spiro atoms. The van der Waals surface area contributed by atoms with E-state index in [9.17, 15) is 4.79 Å². The van der Waals surface area contributed by atoms with Crippen molar-refractivity contribution in [1.82, 2.24) is 4.90 Å². The van der Waals surface area contributed by atoms with Gasteiger partial charge in [0.2, 0.25) is 0 Å². The van der Waals surface area contributed by atoms with Crippen LogP contribution in [0.2, 0.25) is 0 Å². The predicted molar refractivity (Wildman–Crippen MR) is 92.3 cm³/mol. The molecule has 1 atom stereocenters. The standard InChI is InChI=1S/C18H27NO2.ClH/c1-2-3-14-21-18(20)15-17(16-10-6-4-7-11-16)19-12-8-5-9-13-19;/h4,6-7,10-11,17H,2-3,5,8-9,12-15H2,1H3;1H/t17-;/m0./s1. The summed E-state index contributed by atoms with van der Waals surface area (Å²) in [6.07, 6.45) is 6.24. The molecule has 1 saturated heterocycles. The van der Waals surface area contributed by atoms with Crippen LogP contribution in [0.1, 0.15) is 57.1 Å². The lowest BCUT2D eigenvalue weighted by atomic mass is 9.99. The van der Waals surface area contributed by atoms with Crippen molar-refractivity contribution in [3.8, 4) is 0 Å². The minimum absolute atomic E-state index is 0. The van der Waals surface area contributed by atoms with Crippen molar-refractivity contribution >= 4 is 18.4 Å². The Morgan fingerprint density at radius 2 is 1.86 bits per heavy atom. The monoisotopic (exact) mass is 325 g/mol. The predicted octanol–water partition coefficient (Wildman–Crippen LogP) is 4.37. The molecule has 0 bridgehead atoms. The summed E-state index contributed by atoms with van der Waals surface area (Å²) in [5, 5.41) is 0. The molecule has 0 saturated carbocycles. The SMILES string of the molecule is CCCCOC(=O)C[C@@H](c1ccccc1)N1CCCCC1.Cl. The molecule has 0 unspecified atom stereocenters. The fraction of sp³-hybridized carbons (Fsp3) is 0.611. The molecule has 0 radical (unpaired) electrons. The van der Waals surface area contributed by atoms with Gasteiger partial charge in [-0.2, -0.15) is 0 Å². The summed E-state index contributed by atoms with van der Waals surface area (Å²) in [6.45, 7) is 4.83. The van der Waals surface area contributed by atoms with Gasteiger partial charge >= 0.3 is 5.97 Å². The highest BCUT2D eigenvalue weighted by Crippen LogP contribution is 2.27. The number of carbonyl (C=O) groups excluding carboxylic acids is 1. The average Bonchev–Trinajstić information content (AvgIpc) is 2.54. The van der Waals surface area contributed by atoms with Crippen LogP contribution in [-0.4, -0.2) is 30.6 Å². The summed E-state index contributed by atoms with van der Waals surface area (Å²) >= 11 is 0. The van der Waals surface area contributed by atoms with Gasteiger partial charge in [-0.05, 0) is 37.9 Å². The molecule has 22 heavy (non-hydrogen) atoms. The number of likely N-dealkylation sites (tertiary alicyclic amines) is 1. The molecule has 124 valence electrons. The first kappa shape index (κ1) is 19.0. The Morgan fingerprint density at radius 3 is 2.50 bits per heavy atom. The maximum Gasteiger partial charge on any atom is 0.307 e. The number of piperidine rings is 1. The van der Waals surface area contributed by atoms with Crippen LogP contribution in [0.5, 0.6) is 0 Å². The van der Waals surface area contributed by atoms with Crippen molar-refractivity contribution in [3.63, 3.8) is 0 Å². The highest BCUT2D eigenvalue weighted by atomic mass is 35.5. The molecule has 1 fully saturated rings. The van der Waals surface area contributed by atoms with E-state index in [1.54, 1.807) is 0 Å². The minimum Gasteiger partial charge on any atom is -0.466 e. The molecule has 0 amide bonds. The smallest absolute Gasteiger partial charge is 0.307 e. The van der Waals surface area contributed by atoms with Crippen LogP contribution in [-0.2, 0) is 9.53 Å². The summed E-state index contributed by atoms with van der Waals surface area (Å²) in [5.74, 6) is -0.0668. The average molecular weight is 326 g/mol. The van der Waals surface area contributed by atoms with E-state index in [2.05, 4.69) is 36.1 Å². The molecular weight excluding hydrogens is 298 g/mol. The van der Waals surface area contributed by atoms with E-state index < -0.39 is 0 Å². The second-order valence-corrected chi connectivity index (χ2v) is 5.80. The third-order valence-electron chi connectivity index (χ3n) is 4.14. The number of carbonyl (C=O) groups is 1. The summed E-state index contributed by atoms with van der Waals surface area (Å²) in [4.78, 5) is 14.5. The fourth-order valence-electron chi connectivity index (χ4n) is 2.91. The highest BCUT2D eigenvalue weighted by Gasteiger charge is 2.25. The van der Waals surface area contributed by atoms with Crippen molar-refractivity contribution < 1.29 is 9.53 Å². The van der Waals surface area contributed by atoms with Gasteiger partial charge in [0.1, 0.15) is 0 Å². The lowest BCUT2D eigenvalue weighted by molar-refractivity contribution is -0.145. The van der Waals surface area contributed by atoms with Gasteiger partial charge < -0.3 is 4.74 Å². The summed E-state index contributed by atoms with van der Waals surface area (Å²) in [7, 11) is 0. The van der Waals surface area contributed by atoms with Crippen LogP contribution < -0.4 is 0 Å². The maximum absolute atomic E-state index is 12.1. The van der Waals surface area contributed by atoms with Gasteiger partial charge in [-0.25, -0.2) is 0 Å². The largest absolute Gasteiger partial charge is 0.466 e. The second-order valence-electron chi connectivity index (χ2n) is 5.80. The van der Waals surface area contributed by atoms with Gasteiger partial charge in [0, 0.05) is 6.04 Å². The number of rotatable bonds is 7. The zero-order valence-corrected chi connectivity index (χ0v) is 14.3. The van der Waals surface area contributed by atoms with Gasteiger partial charge in [-0.3, -0.25) is 9.69 Å². The maximum atomic E-state index is 12.1. The van der Waals surface area contributed by atoms with Gasteiger partial charge in [0.05, 0.1) is 13.0 Å². The Kier molecular flexibility index (Phi) is 9.17. The van der Waals surface area contributed by atoms with E-state index in [-0.39, 0.29) is 24.4 Å². The zero-order valence-electron chi connectivity index (χ0n) is 13.5. The molecule has 1 aliphatic heterocycles. The first-order valence-corrected chi connectivity index (χ1v) is 8.26. The van der Waals surface area contributed by atoms with E-state index >= 15 is 0 Å². The number of esters is 1. The number of hydrogen-bond acceptors (Lipinski definition) is 3. The zero-order chi connectivity index (χ0) is 14.9. The van der Waals surface area contributed by atoms with E-state index in [1.165, 1.54) is 24.8 Å². The van der Waals surface area contributed by atoms with Crippen molar-refractivity contribution in [2.75, 3.05) is 19.7 Å². The summed E-state index contributed by atoms with van der Waals surface area (Å²) in [5.41, 5.74) is 1.23. The van der Waals surface area contributed by atoms with E-state index in [1.807, 2.05) is 6.07 Å². The molecule has 0 aromatic heterocycles. The molecular formula is C18H28ClNO2. The molecule has 0 aliphatic carbocycles. The van der Waals surface area contributed by atoms with Crippen LogP contribution in [0, 0.1) is 0 Å². The number of benzene rings is 1. The van der Waals surface area contributed by atoms with E-state index in [0.717, 1.165) is 25.9 Å². The van der Waals surface area contributed by atoms with Gasteiger partial charge in [0.15, 0.2) is 0 Å². The van der Waals surface area contributed by atoms with Crippen LogP contribution in [0.15, 0.2) is 30.3 Å². The summed E-state index contributed by atoms with van der Waals surface area (Å²) in [6, 6.07) is 10.5. The number of ether oxygens (including phenoxy) is 1. The fourth-order valence-corrected chi connectivity index (χ4v) is 2.91. The second kappa shape index (κ2) is 10.6. The Balaban J connectivity index is 0.00000242. The Hall–Kier alpha value is -1.06. The summed E-state index contributed by atoms with van der Waals surface area (Å²) < 4.78 is 5.36. The quantitative estimate of drug-likeness (QED) is 0.550. The van der Waals surface area contributed by atoms with Crippen molar-refractivity contribution in [1.29, 1.82) is 0 Å². The van der Waals surface area contributed by atoms with Crippen molar-refractivity contribution in [2.24, 2.45) is 0 Å². The van der Waals surface area contributed by atoms with Crippen molar-refractivity contribution in [3.05, 3.63) is 35.9 Å². The molecule has 1 aliphatic rings. The molecule has 0 N–H and O–H groups in total. The van der Waals surface area contributed by atoms with Crippen LogP contribution in [0.4, 0.5) is 0 Å². The normalized spacial score (nSPS) is 16.6. The number of halogens is 1. The first-order valence-electron chi connectivity index (χ1n) is 8.26. The van der Waals surface area contributed by atoms with Crippen molar-refractivity contribution in [2.45, 2.75) is 51.5 Å². The third kappa shape index (κ3) is 5.98. The lowest BCUT2D eigenvalue weighted by Gasteiger charge is -2.34. The van der Waals surface area contributed by atoms with Crippen LogP contribution >= 0.6 is 12.4 Å².